The summed E-state index contributed by atoms with van der Waals surface area (Å²) in [6.45, 7) is 5.25. The average Bonchev–Trinajstić information content (AvgIpc) is 2.43. The second kappa shape index (κ2) is 4.50. The van der Waals surface area contributed by atoms with Crippen LogP contribution in [-0.4, -0.2) is 14.8 Å². The standard InChI is InChI=1S/C8H15N3S/c1-3-5-6-11-7(4-2)9-10-8(11)12/h3-6H2,1-2H3,(H,10,12). The SMILES string of the molecule is CCCCn1c(S)nnc1CC. The molecule has 0 radical (unpaired) electrons. The molecule has 0 unspecified atom stereocenters. The molecule has 1 aromatic rings. The van der Waals surface area contributed by atoms with Crippen molar-refractivity contribution in [3.05, 3.63) is 5.82 Å². The predicted molar refractivity (Wildman–Crippen MR) is 51.6 cm³/mol. The number of aryl methyl sites for hydroxylation is 1. The number of nitrogens with zero attached hydrogens (tertiary/aromatic N) is 3. The second-order valence-corrected chi connectivity index (χ2v) is 3.17. The van der Waals surface area contributed by atoms with E-state index in [0.29, 0.717) is 0 Å². The molecule has 0 spiro atoms. The highest BCUT2D eigenvalue weighted by atomic mass is 32.1. The number of thiol groups is 1. The van der Waals surface area contributed by atoms with Gasteiger partial charge >= 0.3 is 0 Å². The summed E-state index contributed by atoms with van der Waals surface area (Å²) in [5, 5.41) is 8.68. The van der Waals surface area contributed by atoms with Gasteiger partial charge in [0.2, 0.25) is 0 Å². The van der Waals surface area contributed by atoms with E-state index in [1.165, 1.54) is 12.8 Å². The summed E-state index contributed by atoms with van der Waals surface area (Å²) < 4.78 is 2.08. The van der Waals surface area contributed by atoms with Crippen molar-refractivity contribution in [3.63, 3.8) is 0 Å². The highest BCUT2D eigenvalue weighted by Gasteiger charge is 2.05. The van der Waals surface area contributed by atoms with Crippen LogP contribution >= 0.6 is 12.6 Å². The van der Waals surface area contributed by atoms with E-state index in [2.05, 4.69) is 41.2 Å². The van der Waals surface area contributed by atoms with E-state index in [9.17, 15) is 0 Å². The molecule has 0 amide bonds. The number of hydrogen-bond acceptors (Lipinski definition) is 3. The van der Waals surface area contributed by atoms with Gasteiger partial charge in [-0.2, -0.15) is 0 Å². The first-order chi connectivity index (χ1) is 5.79. The number of unbranched alkanes of at least 4 members (excludes halogenated alkanes) is 1. The van der Waals surface area contributed by atoms with Gasteiger partial charge in [0.15, 0.2) is 5.16 Å². The Morgan fingerprint density at radius 1 is 1.33 bits per heavy atom. The summed E-state index contributed by atoms with van der Waals surface area (Å²) in [6, 6.07) is 0. The van der Waals surface area contributed by atoms with Crippen LogP contribution in [0.4, 0.5) is 0 Å². The Labute approximate surface area is 78.6 Å². The smallest absolute Gasteiger partial charge is 0.188 e. The maximum atomic E-state index is 4.23. The monoisotopic (exact) mass is 185 g/mol. The van der Waals surface area contributed by atoms with Crippen molar-refractivity contribution >= 4 is 12.6 Å². The van der Waals surface area contributed by atoms with Gasteiger partial charge in [-0.3, -0.25) is 0 Å². The fourth-order valence-electron chi connectivity index (χ4n) is 1.13. The normalized spacial score (nSPS) is 10.6. The van der Waals surface area contributed by atoms with E-state index in [4.69, 9.17) is 0 Å². The minimum absolute atomic E-state index is 0.736. The first-order valence-electron chi connectivity index (χ1n) is 4.40. The molecule has 1 aromatic heterocycles. The zero-order valence-electron chi connectivity index (χ0n) is 7.62. The first kappa shape index (κ1) is 9.58. The molecule has 0 aromatic carbocycles. The molecule has 0 saturated heterocycles. The minimum atomic E-state index is 0.736. The second-order valence-electron chi connectivity index (χ2n) is 2.77. The lowest BCUT2D eigenvalue weighted by molar-refractivity contribution is 0.567. The van der Waals surface area contributed by atoms with Gasteiger partial charge in [-0.15, -0.1) is 22.8 Å². The van der Waals surface area contributed by atoms with Gasteiger partial charge < -0.3 is 4.57 Å². The Morgan fingerprint density at radius 2 is 2.08 bits per heavy atom. The Bertz CT molecular complexity index is 244. The van der Waals surface area contributed by atoms with Crippen LogP contribution in [0.1, 0.15) is 32.5 Å². The lowest BCUT2D eigenvalue weighted by Crippen LogP contribution is -2.03. The van der Waals surface area contributed by atoms with E-state index < -0.39 is 0 Å². The summed E-state index contributed by atoms with van der Waals surface area (Å²) in [4.78, 5) is 0. The Balaban J connectivity index is 2.72. The molecule has 4 heteroatoms. The molecule has 3 nitrogen and oxygen atoms in total. The maximum Gasteiger partial charge on any atom is 0.188 e. The maximum absolute atomic E-state index is 4.23. The molecule has 0 atom stereocenters. The summed E-state index contributed by atoms with van der Waals surface area (Å²) in [6.07, 6.45) is 3.28. The van der Waals surface area contributed by atoms with Crippen molar-refractivity contribution in [1.29, 1.82) is 0 Å². The Morgan fingerprint density at radius 3 is 2.67 bits per heavy atom. The number of aromatic nitrogens is 3. The quantitative estimate of drug-likeness (QED) is 0.727. The van der Waals surface area contributed by atoms with E-state index in [1.807, 2.05) is 0 Å². The highest BCUT2D eigenvalue weighted by Crippen LogP contribution is 2.08. The minimum Gasteiger partial charge on any atom is -0.306 e. The van der Waals surface area contributed by atoms with Crippen LogP contribution in [0.3, 0.4) is 0 Å². The topological polar surface area (TPSA) is 30.7 Å². The van der Waals surface area contributed by atoms with Gasteiger partial charge in [-0.05, 0) is 6.42 Å². The fraction of sp³-hybridized carbons (Fsp3) is 0.750. The van der Waals surface area contributed by atoms with Gasteiger partial charge in [0.25, 0.3) is 0 Å². The zero-order valence-corrected chi connectivity index (χ0v) is 8.51. The summed E-state index contributed by atoms with van der Waals surface area (Å²) >= 11 is 4.23. The van der Waals surface area contributed by atoms with Gasteiger partial charge in [0.1, 0.15) is 5.82 Å². The fourth-order valence-corrected chi connectivity index (χ4v) is 1.39. The van der Waals surface area contributed by atoms with Crippen LogP contribution < -0.4 is 0 Å². The van der Waals surface area contributed by atoms with E-state index in [-0.39, 0.29) is 0 Å². The molecule has 68 valence electrons. The number of rotatable bonds is 4. The third-order valence-electron chi connectivity index (χ3n) is 1.86. The van der Waals surface area contributed by atoms with Gasteiger partial charge in [-0.25, -0.2) is 0 Å². The average molecular weight is 185 g/mol. The third kappa shape index (κ3) is 2.00. The summed E-state index contributed by atoms with van der Waals surface area (Å²) in [7, 11) is 0. The van der Waals surface area contributed by atoms with Crippen LogP contribution in [0.25, 0.3) is 0 Å². The van der Waals surface area contributed by atoms with Gasteiger partial charge in [-0.1, -0.05) is 20.3 Å². The molecule has 0 bridgehead atoms. The molecule has 0 fully saturated rings. The number of hydrogen-bond donors (Lipinski definition) is 1. The largest absolute Gasteiger partial charge is 0.306 e. The van der Waals surface area contributed by atoms with Crippen LogP contribution in [0.15, 0.2) is 5.16 Å². The molecule has 0 aliphatic rings. The van der Waals surface area contributed by atoms with E-state index in [1.54, 1.807) is 0 Å². The summed E-state index contributed by atoms with van der Waals surface area (Å²) in [5.41, 5.74) is 0. The molecule has 0 N–H and O–H groups in total. The molecule has 12 heavy (non-hydrogen) atoms. The molecular formula is C8H15N3S. The zero-order chi connectivity index (χ0) is 8.97. The summed E-state index contributed by atoms with van der Waals surface area (Å²) in [5.74, 6) is 1.04. The van der Waals surface area contributed by atoms with Crippen molar-refractivity contribution in [3.8, 4) is 0 Å². The molecule has 0 saturated carbocycles. The van der Waals surface area contributed by atoms with Crippen molar-refractivity contribution in [2.45, 2.75) is 44.8 Å². The van der Waals surface area contributed by atoms with Gasteiger partial charge in [0, 0.05) is 13.0 Å². The predicted octanol–water partition coefficient (Wildman–Crippen LogP) is 1.93. The van der Waals surface area contributed by atoms with Crippen LogP contribution in [0, 0.1) is 0 Å². The molecule has 1 heterocycles. The van der Waals surface area contributed by atoms with E-state index >= 15 is 0 Å². The van der Waals surface area contributed by atoms with Crippen LogP contribution in [0.5, 0.6) is 0 Å². The Hall–Kier alpha value is -0.510. The highest BCUT2D eigenvalue weighted by molar-refractivity contribution is 7.80. The van der Waals surface area contributed by atoms with Crippen molar-refractivity contribution in [1.82, 2.24) is 14.8 Å². The van der Waals surface area contributed by atoms with Crippen molar-refractivity contribution < 1.29 is 0 Å². The molecule has 1 rings (SSSR count). The Kier molecular flexibility index (Phi) is 3.59. The first-order valence-corrected chi connectivity index (χ1v) is 4.85. The lowest BCUT2D eigenvalue weighted by atomic mass is 10.3. The molecule has 0 aliphatic heterocycles. The van der Waals surface area contributed by atoms with Crippen molar-refractivity contribution in [2.24, 2.45) is 0 Å². The molecule has 0 aliphatic carbocycles. The van der Waals surface area contributed by atoms with Gasteiger partial charge in [0.05, 0.1) is 0 Å². The van der Waals surface area contributed by atoms with Crippen LogP contribution in [0.2, 0.25) is 0 Å². The molecular weight excluding hydrogens is 170 g/mol. The van der Waals surface area contributed by atoms with Crippen LogP contribution in [-0.2, 0) is 13.0 Å². The van der Waals surface area contributed by atoms with E-state index in [0.717, 1.165) is 23.9 Å². The third-order valence-corrected chi connectivity index (χ3v) is 2.19. The lowest BCUT2D eigenvalue weighted by Gasteiger charge is -2.04. The van der Waals surface area contributed by atoms with Crippen molar-refractivity contribution in [2.75, 3.05) is 0 Å².